The molecule has 32 heavy (non-hydrogen) atoms. The molecule has 0 aliphatic heterocycles. The van der Waals surface area contributed by atoms with Crippen LogP contribution in [0.25, 0.3) is 0 Å². The number of non-ortho nitro benzene ring substituents is 1. The number of amides is 1. The number of nitro groups is 1. The molecule has 1 aromatic heterocycles. The molecule has 0 bridgehead atoms. The molecule has 1 heterocycles. The number of carbonyl (C=O) groups excluding carboxylic acids is 1. The quantitative estimate of drug-likeness (QED) is 0.358. The predicted octanol–water partition coefficient (Wildman–Crippen LogP) is 3.83. The lowest BCUT2D eigenvalue weighted by Gasteiger charge is -2.14. The van der Waals surface area contributed by atoms with Crippen LogP contribution in [0.5, 0.6) is 5.75 Å². The monoisotopic (exact) mass is 475 g/mol. The summed E-state index contributed by atoms with van der Waals surface area (Å²) in [6.07, 6.45) is 0.691. The predicted molar refractivity (Wildman–Crippen MR) is 122 cm³/mol. The van der Waals surface area contributed by atoms with Crippen LogP contribution in [0.15, 0.2) is 64.2 Å². The van der Waals surface area contributed by atoms with Crippen LogP contribution in [-0.4, -0.2) is 32.4 Å². The summed E-state index contributed by atoms with van der Waals surface area (Å²) >= 11 is 1.59. The highest BCUT2D eigenvalue weighted by Crippen LogP contribution is 2.30. The van der Waals surface area contributed by atoms with E-state index in [1.807, 2.05) is 23.8 Å². The van der Waals surface area contributed by atoms with Gasteiger partial charge in [0.05, 0.1) is 22.6 Å². The molecule has 0 fully saturated rings. The van der Waals surface area contributed by atoms with Crippen molar-refractivity contribution < 1.29 is 22.9 Å². The topological polar surface area (TPSA) is 128 Å². The normalized spacial score (nSPS) is 12.1. The van der Waals surface area contributed by atoms with E-state index in [9.17, 15) is 23.3 Å². The summed E-state index contributed by atoms with van der Waals surface area (Å²) in [6, 6.07) is 10.9. The smallest absolute Gasteiger partial charge is 0.271 e. The molecule has 0 saturated heterocycles. The van der Waals surface area contributed by atoms with Crippen LogP contribution in [-0.2, 0) is 16.4 Å². The Labute approximate surface area is 189 Å². The van der Waals surface area contributed by atoms with E-state index < -0.39 is 14.9 Å². The summed E-state index contributed by atoms with van der Waals surface area (Å²) < 4.78 is 32.9. The highest BCUT2D eigenvalue weighted by molar-refractivity contribution is 7.92. The standard InChI is InChI=1S/C21H21N3O6S2/c1-14(11-15-9-10-31-13-15)22-21(25)16-3-6-18(7-4-16)32(28,29)23-19-12-17(24(26)27)5-8-20(19)30-2/h3-10,12-14,23H,11H2,1-2H3,(H,22,25). The first kappa shape index (κ1) is 23.2. The van der Waals surface area contributed by atoms with Crippen molar-refractivity contribution in [3.8, 4) is 5.75 Å². The molecule has 0 saturated carbocycles. The fraction of sp³-hybridized carbons (Fsp3) is 0.190. The summed E-state index contributed by atoms with van der Waals surface area (Å²) in [7, 11) is -2.75. The Balaban J connectivity index is 1.72. The van der Waals surface area contributed by atoms with Crippen LogP contribution in [0.2, 0.25) is 0 Å². The maximum Gasteiger partial charge on any atom is 0.271 e. The second-order valence-electron chi connectivity index (χ2n) is 6.98. The van der Waals surface area contributed by atoms with Gasteiger partial charge >= 0.3 is 0 Å². The average molecular weight is 476 g/mol. The number of benzene rings is 2. The van der Waals surface area contributed by atoms with Crippen LogP contribution >= 0.6 is 11.3 Å². The molecule has 2 aromatic carbocycles. The molecular formula is C21H21N3O6S2. The lowest BCUT2D eigenvalue weighted by molar-refractivity contribution is -0.384. The van der Waals surface area contributed by atoms with Gasteiger partial charge in [0.2, 0.25) is 0 Å². The molecule has 1 amide bonds. The van der Waals surface area contributed by atoms with Crippen molar-refractivity contribution in [1.29, 1.82) is 0 Å². The van der Waals surface area contributed by atoms with E-state index in [0.29, 0.717) is 12.0 Å². The molecule has 0 aliphatic carbocycles. The summed E-state index contributed by atoms with van der Waals surface area (Å²) in [5, 5.41) is 17.9. The van der Waals surface area contributed by atoms with Gasteiger partial charge in [-0.15, -0.1) is 0 Å². The third-order valence-electron chi connectivity index (χ3n) is 4.56. The zero-order valence-corrected chi connectivity index (χ0v) is 18.9. The Bertz CT molecular complexity index is 1210. The molecule has 0 spiro atoms. The van der Waals surface area contributed by atoms with Crippen molar-refractivity contribution in [2.45, 2.75) is 24.3 Å². The van der Waals surface area contributed by atoms with E-state index in [1.165, 1.54) is 43.5 Å². The molecule has 1 unspecified atom stereocenters. The number of hydrogen-bond acceptors (Lipinski definition) is 7. The largest absolute Gasteiger partial charge is 0.495 e. The number of anilines is 1. The minimum Gasteiger partial charge on any atom is -0.495 e. The van der Waals surface area contributed by atoms with E-state index in [0.717, 1.165) is 11.6 Å². The van der Waals surface area contributed by atoms with Gasteiger partial charge in [-0.2, -0.15) is 11.3 Å². The van der Waals surface area contributed by atoms with Crippen LogP contribution in [0.1, 0.15) is 22.8 Å². The zero-order valence-electron chi connectivity index (χ0n) is 17.3. The van der Waals surface area contributed by atoms with E-state index in [1.54, 1.807) is 11.3 Å². The van der Waals surface area contributed by atoms with Crippen LogP contribution < -0.4 is 14.8 Å². The van der Waals surface area contributed by atoms with Crippen molar-refractivity contribution >= 4 is 38.6 Å². The summed E-state index contributed by atoms with van der Waals surface area (Å²) in [5.74, 6) is -0.181. The number of sulfonamides is 1. The summed E-state index contributed by atoms with van der Waals surface area (Å²) in [6.45, 7) is 1.89. The Morgan fingerprint density at radius 3 is 2.50 bits per heavy atom. The number of methoxy groups -OCH3 is 1. The molecule has 168 valence electrons. The third-order valence-corrected chi connectivity index (χ3v) is 6.68. The first-order chi connectivity index (χ1) is 15.2. The minimum absolute atomic E-state index is 0.0641. The van der Waals surface area contributed by atoms with Gasteiger partial charge in [-0.1, -0.05) is 0 Å². The minimum atomic E-state index is -4.07. The number of nitrogens with one attached hydrogen (secondary N) is 2. The molecule has 9 nitrogen and oxygen atoms in total. The fourth-order valence-electron chi connectivity index (χ4n) is 3.00. The molecule has 3 rings (SSSR count). The van der Waals surface area contributed by atoms with E-state index in [-0.39, 0.29) is 34.0 Å². The molecule has 11 heteroatoms. The summed E-state index contributed by atoms with van der Waals surface area (Å²) in [5.41, 5.74) is 1.10. The first-order valence-corrected chi connectivity index (χ1v) is 11.9. The van der Waals surface area contributed by atoms with Gasteiger partial charge in [-0.3, -0.25) is 19.6 Å². The van der Waals surface area contributed by atoms with Gasteiger partial charge in [0, 0.05) is 23.7 Å². The van der Waals surface area contributed by atoms with Crippen LogP contribution in [0.3, 0.4) is 0 Å². The van der Waals surface area contributed by atoms with Crippen LogP contribution in [0, 0.1) is 10.1 Å². The number of hydrogen-bond donors (Lipinski definition) is 2. The maximum atomic E-state index is 12.8. The van der Waals surface area contributed by atoms with Gasteiger partial charge < -0.3 is 10.1 Å². The number of nitrogens with zero attached hydrogens (tertiary/aromatic N) is 1. The van der Waals surface area contributed by atoms with E-state index in [2.05, 4.69) is 10.0 Å². The Hall–Kier alpha value is -3.44. The molecule has 1 atom stereocenters. The number of thiophene rings is 1. The SMILES string of the molecule is COc1ccc([N+](=O)[O-])cc1NS(=O)(=O)c1ccc(C(=O)NC(C)Cc2ccsc2)cc1. The molecule has 0 radical (unpaired) electrons. The van der Waals surface area contributed by atoms with Crippen molar-refractivity contribution in [1.82, 2.24) is 5.32 Å². The summed E-state index contributed by atoms with van der Waals surface area (Å²) in [4.78, 5) is 22.7. The Morgan fingerprint density at radius 1 is 1.19 bits per heavy atom. The van der Waals surface area contributed by atoms with Crippen LogP contribution in [0.4, 0.5) is 11.4 Å². The van der Waals surface area contributed by atoms with Crippen molar-refractivity contribution in [2.75, 3.05) is 11.8 Å². The lowest BCUT2D eigenvalue weighted by atomic mass is 10.1. The Morgan fingerprint density at radius 2 is 1.91 bits per heavy atom. The second-order valence-corrected chi connectivity index (χ2v) is 9.44. The van der Waals surface area contributed by atoms with Gasteiger partial charge in [-0.25, -0.2) is 8.42 Å². The first-order valence-electron chi connectivity index (χ1n) is 9.47. The highest BCUT2D eigenvalue weighted by Gasteiger charge is 2.20. The van der Waals surface area contributed by atoms with Gasteiger partial charge in [0.15, 0.2) is 0 Å². The third kappa shape index (κ3) is 5.62. The van der Waals surface area contributed by atoms with Gasteiger partial charge in [-0.05, 0) is 66.1 Å². The maximum absolute atomic E-state index is 12.8. The highest BCUT2D eigenvalue weighted by atomic mass is 32.2. The van der Waals surface area contributed by atoms with Gasteiger partial charge in [0.1, 0.15) is 5.75 Å². The number of ether oxygens (including phenoxy) is 1. The van der Waals surface area contributed by atoms with Crippen molar-refractivity contribution in [2.24, 2.45) is 0 Å². The number of rotatable bonds is 9. The Kier molecular flexibility index (Phi) is 7.11. The van der Waals surface area contributed by atoms with E-state index >= 15 is 0 Å². The zero-order chi connectivity index (χ0) is 23.3. The number of nitro benzene ring substituents is 1. The molecular weight excluding hydrogens is 454 g/mol. The van der Waals surface area contributed by atoms with Crippen molar-refractivity contribution in [3.05, 3.63) is 80.5 Å². The lowest BCUT2D eigenvalue weighted by Crippen LogP contribution is -2.34. The molecule has 0 aliphatic rings. The molecule has 3 aromatic rings. The van der Waals surface area contributed by atoms with Crippen molar-refractivity contribution in [3.63, 3.8) is 0 Å². The average Bonchev–Trinajstić information content (AvgIpc) is 3.26. The van der Waals surface area contributed by atoms with E-state index in [4.69, 9.17) is 4.74 Å². The second kappa shape index (κ2) is 9.79. The van der Waals surface area contributed by atoms with Gasteiger partial charge in [0.25, 0.3) is 21.6 Å². The fourth-order valence-corrected chi connectivity index (χ4v) is 4.74. The molecule has 2 N–H and O–H groups in total. The number of carbonyl (C=O) groups is 1.